The van der Waals surface area contributed by atoms with Crippen LogP contribution in [0.2, 0.25) is 0 Å². The fourth-order valence-electron chi connectivity index (χ4n) is 1.10. The second-order valence-electron chi connectivity index (χ2n) is 4.07. The highest BCUT2D eigenvalue weighted by Crippen LogP contribution is 2.00. The molecule has 1 unspecified atom stereocenters. The molecule has 0 saturated carbocycles. The zero-order valence-electron chi connectivity index (χ0n) is 9.77. The van der Waals surface area contributed by atoms with Gasteiger partial charge in [0.05, 0.1) is 6.10 Å². The summed E-state index contributed by atoms with van der Waals surface area (Å²) in [4.78, 5) is 19.4. The van der Waals surface area contributed by atoms with Crippen LogP contribution in [0.4, 0.5) is 0 Å². The van der Waals surface area contributed by atoms with Crippen LogP contribution < -0.4 is 5.32 Å². The number of carbonyl (C=O) groups is 1. The average Bonchev–Trinajstić information content (AvgIpc) is 2.25. The number of nitrogens with one attached hydrogen (secondary N) is 1. The third kappa shape index (κ3) is 3.58. The lowest BCUT2D eigenvalue weighted by molar-refractivity contribution is 0.0867. The molecule has 5 nitrogen and oxygen atoms in total. The van der Waals surface area contributed by atoms with Crippen molar-refractivity contribution in [1.82, 2.24) is 15.3 Å². The Hall–Kier alpha value is -1.49. The van der Waals surface area contributed by atoms with E-state index in [1.807, 2.05) is 13.8 Å². The molecule has 5 heteroatoms. The molecule has 0 bridgehead atoms. The molecule has 1 amide bonds. The van der Waals surface area contributed by atoms with Crippen LogP contribution in [0.25, 0.3) is 0 Å². The summed E-state index contributed by atoms with van der Waals surface area (Å²) in [6.07, 6.45) is 0.815. The summed E-state index contributed by atoms with van der Waals surface area (Å²) in [5.74, 6) is -0.169. The van der Waals surface area contributed by atoms with Gasteiger partial charge in [0, 0.05) is 12.2 Å². The Bertz CT molecular complexity index is 366. The Labute approximate surface area is 94.9 Å². The minimum atomic E-state index is -0.535. The van der Waals surface area contributed by atoms with E-state index in [2.05, 4.69) is 15.3 Å². The van der Waals surface area contributed by atoms with E-state index in [-0.39, 0.29) is 18.4 Å². The van der Waals surface area contributed by atoms with Crippen molar-refractivity contribution in [1.29, 1.82) is 0 Å². The van der Waals surface area contributed by atoms with Crippen LogP contribution in [-0.4, -0.2) is 33.6 Å². The number of rotatable bonds is 4. The number of amides is 1. The number of hydrogen-bond acceptors (Lipinski definition) is 4. The molecule has 0 fully saturated rings. The maximum absolute atomic E-state index is 11.6. The van der Waals surface area contributed by atoms with Crippen LogP contribution >= 0.6 is 0 Å². The molecule has 0 saturated heterocycles. The van der Waals surface area contributed by atoms with E-state index in [1.165, 1.54) is 6.33 Å². The first kappa shape index (κ1) is 12.6. The summed E-state index contributed by atoms with van der Waals surface area (Å²) in [5.41, 5.74) is 1.06. The van der Waals surface area contributed by atoms with Gasteiger partial charge < -0.3 is 10.4 Å². The molecular formula is C11H17N3O2. The highest BCUT2D eigenvalue weighted by Gasteiger charge is 2.12. The van der Waals surface area contributed by atoms with Gasteiger partial charge in [-0.3, -0.25) is 4.79 Å². The maximum Gasteiger partial charge on any atom is 0.270 e. The van der Waals surface area contributed by atoms with E-state index in [4.69, 9.17) is 0 Å². The topological polar surface area (TPSA) is 75.1 Å². The van der Waals surface area contributed by atoms with Gasteiger partial charge in [-0.05, 0) is 18.9 Å². The summed E-state index contributed by atoms with van der Waals surface area (Å²) in [5, 5.41) is 12.2. The van der Waals surface area contributed by atoms with Crippen molar-refractivity contribution >= 4 is 5.91 Å². The molecule has 0 aliphatic heterocycles. The fourth-order valence-corrected chi connectivity index (χ4v) is 1.10. The Balaban J connectivity index is 2.53. The van der Waals surface area contributed by atoms with Gasteiger partial charge in [0.15, 0.2) is 0 Å². The highest BCUT2D eigenvalue weighted by atomic mass is 16.3. The third-order valence-electron chi connectivity index (χ3n) is 2.28. The van der Waals surface area contributed by atoms with E-state index >= 15 is 0 Å². The maximum atomic E-state index is 11.6. The third-order valence-corrected chi connectivity index (χ3v) is 2.28. The van der Waals surface area contributed by atoms with Crippen LogP contribution in [0.15, 0.2) is 12.4 Å². The van der Waals surface area contributed by atoms with Gasteiger partial charge >= 0.3 is 0 Å². The molecule has 2 N–H and O–H groups in total. The molecule has 0 radical (unpaired) electrons. The smallest absolute Gasteiger partial charge is 0.270 e. The Morgan fingerprint density at radius 1 is 1.50 bits per heavy atom. The second-order valence-corrected chi connectivity index (χ2v) is 4.07. The molecule has 1 atom stereocenters. The molecule has 1 rings (SSSR count). The van der Waals surface area contributed by atoms with Crippen molar-refractivity contribution in [3.05, 3.63) is 23.8 Å². The molecule has 0 aromatic carbocycles. The van der Waals surface area contributed by atoms with E-state index in [0.29, 0.717) is 5.69 Å². The molecule has 1 aromatic rings. The summed E-state index contributed by atoms with van der Waals surface area (Å²) in [7, 11) is 0. The Kier molecular flexibility index (Phi) is 4.37. The summed E-state index contributed by atoms with van der Waals surface area (Å²) in [6, 6.07) is 1.61. The number of hydrogen-bond donors (Lipinski definition) is 2. The Morgan fingerprint density at radius 2 is 2.19 bits per heavy atom. The number of nitrogens with zero attached hydrogens (tertiary/aromatic N) is 2. The second kappa shape index (κ2) is 5.55. The van der Waals surface area contributed by atoms with Crippen molar-refractivity contribution in [2.24, 2.45) is 5.92 Å². The quantitative estimate of drug-likeness (QED) is 0.780. The van der Waals surface area contributed by atoms with Crippen LogP contribution in [0.1, 0.15) is 30.0 Å². The first-order chi connectivity index (χ1) is 7.50. The first-order valence-electron chi connectivity index (χ1n) is 5.25. The molecule has 88 valence electrons. The van der Waals surface area contributed by atoms with Crippen LogP contribution in [0.5, 0.6) is 0 Å². The largest absolute Gasteiger partial charge is 0.391 e. The van der Waals surface area contributed by atoms with Gasteiger partial charge in [0.25, 0.3) is 5.91 Å². The number of aliphatic hydroxyl groups is 1. The monoisotopic (exact) mass is 223 g/mol. The summed E-state index contributed by atoms with van der Waals surface area (Å²) >= 11 is 0. The van der Waals surface area contributed by atoms with E-state index in [1.54, 1.807) is 13.0 Å². The van der Waals surface area contributed by atoms with Crippen molar-refractivity contribution in [2.75, 3.05) is 6.54 Å². The number of aliphatic hydroxyl groups excluding tert-OH is 1. The average molecular weight is 223 g/mol. The molecule has 0 spiro atoms. The lowest BCUT2D eigenvalue weighted by Gasteiger charge is -2.14. The number of aromatic nitrogens is 2. The minimum absolute atomic E-state index is 0.118. The van der Waals surface area contributed by atoms with Gasteiger partial charge in [-0.1, -0.05) is 13.8 Å². The number of aryl methyl sites for hydroxylation is 1. The lowest BCUT2D eigenvalue weighted by atomic mass is 10.1. The predicted octanol–water partition coefficient (Wildman–Crippen LogP) is 0.532. The SMILES string of the molecule is Cc1cc(C(=O)NCC(O)C(C)C)ncn1. The molecule has 16 heavy (non-hydrogen) atoms. The molecule has 1 aromatic heterocycles. The Morgan fingerprint density at radius 3 is 2.75 bits per heavy atom. The van der Waals surface area contributed by atoms with Crippen LogP contribution in [-0.2, 0) is 0 Å². The molecular weight excluding hydrogens is 206 g/mol. The predicted molar refractivity (Wildman–Crippen MR) is 59.9 cm³/mol. The van der Waals surface area contributed by atoms with E-state index in [0.717, 1.165) is 5.69 Å². The van der Waals surface area contributed by atoms with Crippen LogP contribution in [0, 0.1) is 12.8 Å². The van der Waals surface area contributed by atoms with Gasteiger partial charge in [0.1, 0.15) is 12.0 Å². The fraction of sp³-hybridized carbons (Fsp3) is 0.545. The molecule has 1 heterocycles. The van der Waals surface area contributed by atoms with Gasteiger partial charge in [-0.15, -0.1) is 0 Å². The minimum Gasteiger partial charge on any atom is -0.391 e. The molecule has 0 aliphatic carbocycles. The van der Waals surface area contributed by atoms with Crippen molar-refractivity contribution in [3.8, 4) is 0 Å². The van der Waals surface area contributed by atoms with E-state index < -0.39 is 6.10 Å². The highest BCUT2D eigenvalue weighted by molar-refractivity contribution is 5.92. The summed E-state index contributed by atoms with van der Waals surface area (Å²) < 4.78 is 0. The standard InChI is InChI=1S/C11H17N3O2/c1-7(2)10(15)5-12-11(16)9-4-8(3)13-6-14-9/h4,6-7,10,15H,5H2,1-3H3,(H,12,16). The first-order valence-corrected chi connectivity index (χ1v) is 5.25. The zero-order chi connectivity index (χ0) is 12.1. The van der Waals surface area contributed by atoms with Crippen LogP contribution in [0.3, 0.4) is 0 Å². The van der Waals surface area contributed by atoms with E-state index in [9.17, 15) is 9.90 Å². The van der Waals surface area contributed by atoms with Crippen molar-refractivity contribution in [2.45, 2.75) is 26.9 Å². The van der Waals surface area contributed by atoms with Crippen molar-refractivity contribution in [3.63, 3.8) is 0 Å². The zero-order valence-corrected chi connectivity index (χ0v) is 9.77. The lowest BCUT2D eigenvalue weighted by Crippen LogP contribution is -2.35. The summed E-state index contributed by atoms with van der Waals surface area (Å²) in [6.45, 7) is 5.82. The van der Waals surface area contributed by atoms with Gasteiger partial charge in [-0.2, -0.15) is 0 Å². The normalized spacial score (nSPS) is 12.6. The molecule has 0 aliphatic rings. The van der Waals surface area contributed by atoms with Crippen molar-refractivity contribution < 1.29 is 9.90 Å². The van der Waals surface area contributed by atoms with Gasteiger partial charge in [-0.25, -0.2) is 9.97 Å². The number of carbonyl (C=O) groups excluding carboxylic acids is 1. The van der Waals surface area contributed by atoms with Gasteiger partial charge in [0.2, 0.25) is 0 Å².